The summed E-state index contributed by atoms with van der Waals surface area (Å²) in [4.78, 5) is 10.1. The van der Waals surface area contributed by atoms with Gasteiger partial charge in [0.05, 0.1) is 28.8 Å². The molecule has 0 unspecified atom stereocenters. The molecule has 6 nitrogen and oxygen atoms in total. The second-order valence-electron chi connectivity index (χ2n) is 3.36. The Labute approximate surface area is 95.9 Å². The van der Waals surface area contributed by atoms with Gasteiger partial charge in [-0.2, -0.15) is 0 Å². The van der Waals surface area contributed by atoms with Crippen molar-refractivity contribution in [3.8, 4) is 5.75 Å². The number of nitro benzene ring substituents is 1. The predicted octanol–water partition coefficient (Wildman–Crippen LogP) is 1.41. The summed E-state index contributed by atoms with van der Waals surface area (Å²) in [7, 11) is 0. The Morgan fingerprint density at radius 3 is 3.06 bits per heavy atom. The maximum absolute atomic E-state index is 10.6. The van der Waals surface area contributed by atoms with Crippen molar-refractivity contribution in [2.24, 2.45) is 0 Å². The lowest BCUT2D eigenvalue weighted by molar-refractivity contribution is -0.384. The highest BCUT2D eigenvalue weighted by atomic mass is 35.5. The largest absolute Gasteiger partial charge is 0.482 e. The Balaban J connectivity index is 2.40. The molecule has 0 aromatic heterocycles. The van der Waals surface area contributed by atoms with Crippen LogP contribution in [0.3, 0.4) is 0 Å². The fraction of sp³-hybridized carbons (Fsp3) is 0.333. The summed E-state index contributed by atoms with van der Waals surface area (Å²) in [5.74, 6) is 0.345. The minimum Gasteiger partial charge on any atom is -0.482 e. The smallest absolute Gasteiger partial charge is 0.273 e. The molecule has 1 atom stereocenters. The molecule has 1 aromatic rings. The van der Waals surface area contributed by atoms with E-state index in [2.05, 4.69) is 5.32 Å². The van der Waals surface area contributed by atoms with Crippen LogP contribution >= 0.6 is 11.6 Å². The van der Waals surface area contributed by atoms with Gasteiger partial charge in [-0.3, -0.25) is 10.1 Å². The summed E-state index contributed by atoms with van der Waals surface area (Å²) in [5.41, 5.74) is 0.381. The number of aliphatic hydroxyl groups excluding tert-OH is 1. The molecule has 7 heteroatoms. The summed E-state index contributed by atoms with van der Waals surface area (Å²) in [6.45, 7) is 0.251. The van der Waals surface area contributed by atoms with E-state index in [0.717, 1.165) is 0 Å². The average molecular weight is 245 g/mol. The van der Waals surface area contributed by atoms with Crippen molar-refractivity contribution >= 4 is 23.0 Å². The van der Waals surface area contributed by atoms with Crippen molar-refractivity contribution in [2.45, 2.75) is 6.10 Å². The zero-order chi connectivity index (χ0) is 11.7. The third kappa shape index (κ3) is 1.89. The molecule has 0 radical (unpaired) electrons. The number of anilines is 1. The van der Waals surface area contributed by atoms with Gasteiger partial charge >= 0.3 is 0 Å². The van der Waals surface area contributed by atoms with Crippen molar-refractivity contribution in [1.82, 2.24) is 0 Å². The molecule has 0 spiro atoms. The predicted molar refractivity (Wildman–Crippen MR) is 58.1 cm³/mol. The minimum atomic E-state index is -0.522. The number of halogens is 1. The molecule has 0 saturated carbocycles. The molecule has 0 fully saturated rings. The molecule has 2 rings (SSSR count). The standard InChI is InChI=1S/C9H9ClN2O4/c10-7-1-5(12(14)15)2-8-9(7)16-6(4-13)3-11-8/h1-2,6,11,13H,3-4H2/t6-/m1/s1. The normalized spacial score (nSPS) is 18.2. The highest BCUT2D eigenvalue weighted by Gasteiger charge is 2.24. The molecule has 1 aliphatic heterocycles. The monoisotopic (exact) mass is 244 g/mol. The molecule has 0 saturated heterocycles. The maximum atomic E-state index is 10.6. The number of rotatable bonds is 2. The maximum Gasteiger partial charge on any atom is 0.273 e. The SMILES string of the molecule is O=[N+]([O-])c1cc(Cl)c2c(c1)NC[C@H](CO)O2. The second-order valence-corrected chi connectivity index (χ2v) is 3.77. The first kappa shape index (κ1) is 11.0. The quantitative estimate of drug-likeness (QED) is 0.607. The van der Waals surface area contributed by atoms with E-state index in [4.69, 9.17) is 21.4 Å². The van der Waals surface area contributed by atoms with E-state index in [1.165, 1.54) is 12.1 Å². The van der Waals surface area contributed by atoms with E-state index in [1.54, 1.807) is 0 Å². The summed E-state index contributed by atoms with van der Waals surface area (Å²) < 4.78 is 5.38. The van der Waals surface area contributed by atoms with Gasteiger partial charge in [-0.1, -0.05) is 11.6 Å². The summed E-state index contributed by atoms with van der Waals surface area (Å²) in [6, 6.07) is 2.58. The summed E-state index contributed by atoms with van der Waals surface area (Å²) in [5, 5.41) is 22.6. The number of hydrogen-bond donors (Lipinski definition) is 2. The van der Waals surface area contributed by atoms with Crippen LogP contribution in [0.4, 0.5) is 11.4 Å². The third-order valence-electron chi connectivity index (χ3n) is 2.25. The Morgan fingerprint density at radius 1 is 1.69 bits per heavy atom. The van der Waals surface area contributed by atoms with Gasteiger partial charge in [0, 0.05) is 12.1 Å². The number of nitro groups is 1. The lowest BCUT2D eigenvalue weighted by Gasteiger charge is -2.26. The molecule has 0 amide bonds. The van der Waals surface area contributed by atoms with Gasteiger partial charge in [-0.25, -0.2) is 0 Å². The van der Waals surface area contributed by atoms with Crippen LogP contribution in [0.1, 0.15) is 0 Å². The van der Waals surface area contributed by atoms with Crippen LogP contribution in [0.2, 0.25) is 5.02 Å². The van der Waals surface area contributed by atoms with E-state index in [9.17, 15) is 10.1 Å². The first-order valence-corrected chi connectivity index (χ1v) is 4.99. The Hall–Kier alpha value is -1.53. The molecule has 1 heterocycles. The van der Waals surface area contributed by atoms with E-state index >= 15 is 0 Å². The lowest BCUT2D eigenvalue weighted by Crippen LogP contribution is -2.33. The molecule has 1 aromatic carbocycles. The molecule has 1 aliphatic rings. The third-order valence-corrected chi connectivity index (χ3v) is 2.53. The molecule has 16 heavy (non-hydrogen) atoms. The molecular formula is C9H9ClN2O4. The highest BCUT2D eigenvalue weighted by Crippen LogP contribution is 2.39. The zero-order valence-corrected chi connectivity index (χ0v) is 8.90. The first-order chi connectivity index (χ1) is 7.61. The van der Waals surface area contributed by atoms with Crippen LogP contribution in [0, 0.1) is 10.1 Å². The lowest BCUT2D eigenvalue weighted by atomic mass is 10.2. The van der Waals surface area contributed by atoms with E-state index in [1.807, 2.05) is 0 Å². The van der Waals surface area contributed by atoms with Crippen LogP contribution in [-0.2, 0) is 0 Å². The number of aliphatic hydroxyl groups is 1. The van der Waals surface area contributed by atoms with Crippen LogP contribution in [0.5, 0.6) is 5.75 Å². The van der Waals surface area contributed by atoms with Gasteiger partial charge in [0.25, 0.3) is 5.69 Å². The second kappa shape index (κ2) is 4.15. The van der Waals surface area contributed by atoms with Crippen molar-refractivity contribution in [1.29, 1.82) is 0 Å². The molecular weight excluding hydrogens is 236 g/mol. The van der Waals surface area contributed by atoms with Crippen molar-refractivity contribution in [3.63, 3.8) is 0 Å². The van der Waals surface area contributed by atoms with Gasteiger partial charge in [0.2, 0.25) is 0 Å². The van der Waals surface area contributed by atoms with Crippen LogP contribution in [0.15, 0.2) is 12.1 Å². The Bertz CT molecular complexity index is 438. The first-order valence-electron chi connectivity index (χ1n) is 4.61. The van der Waals surface area contributed by atoms with E-state index in [-0.39, 0.29) is 23.4 Å². The summed E-state index contributed by atoms with van der Waals surface area (Å²) >= 11 is 5.86. The van der Waals surface area contributed by atoms with Crippen molar-refractivity contribution < 1.29 is 14.8 Å². The minimum absolute atomic E-state index is 0.0951. The number of hydrogen-bond acceptors (Lipinski definition) is 5. The summed E-state index contributed by atoms with van der Waals surface area (Å²) in [6.07, 6.45) is -0.383. The highest BCUT2D eigenvalue weighted by molar-refractivity contribution is 6.32. The number of fused-ring (bicyclic) bond motifs is 1. The van der Waals surface area contributed by atoms with E-state index < -0.39 is 4.92 Å². The molecule has 2 N–H and O–H groups in total. The Kier molecular flexibility index (Phi) is 2.84. The van der Waals surface area contributed by atoms with Crippen LogP contribution in [-0.4, -0.2) is 29.3 Å². The van der Waals surface area contributed by atoms with Crippen LogP contribution in [0.25, 0.3) is 0 Å². The van der Waals surface area contributed by atoms with Gasteiger partial charge in [0.15, 0.2) is 5.75 Å². The number of benzene rings is 1. The average Bonchev–Trinajstić information content (AvgIpc) is 2.28. The Morgan fingerprint density at radius 2 is 2.44 bits per heavy atom. The number of ether oxygens (including phenoxy) is 1. The van der Waals surface area contributed by atoms with Crippen molar-refractivity contribution in [2.75, 3.05) is 18.5 Å². The van der Waals surface area contributed by atoms with Gasteiger partial charge in [-0.15, -0.1) is 0 Å². The number of nitrogens with one attached hydrogen (secondary N) is 1. The number of nitrogens with zero attached hydrogens (tertiary/aromatic N) is 1. The molecule has 0 aliphatic carbocycles. The number of non-ortho nitro benzene ring substituents is 1. The molecule has 86 valence electrons. The van der Waals surface area contributed by atoms with E-state index in [0.29, 0.717) is 18.0 Å². The van der Waals surface area contributed by atoms with Gasteiger partial charge < -0.3 is 15.2 Å². The fourth-order valence-corrected chi connectivity index (χ4v) is 1.73. The van der Waals surface area contributed by atoms with Gasteiger partial charge in [-0.05, 0) is 0 Å². The topological polar surface area (TPSA) is 84.6 Å². The zero-order valence-electron chi connectivity index (χ0n) is 8.14. The van der Waals surface area contributed by atoms with Gasteiger partial charge in [0.1, 0.15) is 6.10 Å². The molecule has 0 bridgehead atoms. The van der Waals surface area contributed by atoms with Crippen molar-refractivity contribution in [3.05, 3.63) is 27.3 Å². The fourth-order valence-electron chi connectivity index (χ4n) is 1.47. The van der Waals surface area contributed by atoms with Crippen LogP contribution < -0.4 is 10.1 Å².